The lowest BCUT2D eigenvalue weighted by atomic mass is 9.73. The van der Waals surface area contributed by atoms with Gasteiger partial charge in [-0.15, -0.1) is 11.8 Å². The summed E-state index contributed by atoms with van der Waals surface area (Å²) in [6.07, 6.45) is 3.87. The summed E-state index contributed by atoms with van der Waals surface area (Å²) in [6.45, 7) is 15.2. The van der Waals surface area contributed by atoms with Crippen LogP contribution in [0.4, 0.5) is 24.5 Å². The van der Waals surface area contributed by atoms with Gasteiger partial charge >= 0.3 is 5.51 Å². The number of nitrogens with zero attached hydrogens (tertiary/aromatic N) is 5. The van der Waals surface area contributed by atoms with Crippen LogP contribution in [0.5, 0.6) is 0 Å². The highest BCUT2D eigenvalue weighted by Crippen LogP contribution is 2.44. The highest BCUT2D eigenvalue weighted by atomic mass is 79.9. The second-order valence-electron chi connectivity index (χ2n) is 24.2. The average Bonchev–Trinajstić information content (AvgIpc) is 2.49. The number of sulfone groups is 1. The van der Waals surface area contributed by atoms with E-state index in [0.29, 0.717) is 68.1 Å². The van der Waals surface area contributed by atoms with E-state index < -0.39 is 64.7 Å². The third-order valence-electron chi connectivity index (χ3n) is 17.3. The quantitative estimate of drug-likeness (QED) is 0.0523. The monoisotopic (exact) mass is 1330 g/mol. The number of carbonyl (C=O) groups excluding carboxylic acids is 4. The topological polar surface area (TPSA) is 189 Å². The number of piperidine rings is 1. The van der Waals surface area contributed by atoms with Gasteiger partial charge in [-0.2, -0.15) is 13.2 Å². The maximum absolute atomic E-state index is 14.6. The first kappa shape index (κ1) is 64.2. The van der Waals surface area contributed by atoms with Gasteiger partial charge in [-0.3, -0.25) is 34.3 Å². The number of sulfonamides is 1. The molecule has 0 radical (unpaired) electrons. The van der Waals surface area contributed by atoms with Crippen molar-refractivity contribution in [2.24, 2.45) is 5.41 Å². The van der Waals surface area contributed by atoms with E-state index in [0.717, 1.165) is 77.2 Å². The highest BCUT2D eigenvalue weighted by Gasteiger charge is 2.49. The number of allylic oxidation sites excluding steroid dienone is 1. The Morgan fingerprint density at radius 3 is 2.21 bits per heavy atom. The number of rotatable bonds is 19. The minimum Gasteiger partial charge on any atom is -0.380 e. The number of benzene rings is 5. The van der Waals surface area contributed by atoms with E-state index >= 15 is 0 Å². The average molecular weight is 1340 g/mol. The molecule has 3 unspecified atom stereocenters. The Bertz CT molecular complexity index is 3670. The van der Waals surface area contributed by atoms with Crippen molar-refractivity contribution >= 4 is 99.7 Å². The molecule has 3 N–H and O–H groups in total. The fraction of sp³-hybridized carbons (Fsp3) is 0.429. The second kappa shape index (κ2) is 26.3. The Labute approximate surface area is 524 Å². The summed E-state index contributed by atoms with van der Waals surface area (Å²) in [4.78, 5) is 61.0. The molecule has 10 rings (SSSR count). The molecule has 4 atom stereocenters. The molecule has 0 saturated carbocycles. The molecular formula is C63H71BrClF3N8O8S3. The van der Waals surface area contributed by atoms with Crippen LogP contribution in [0.2, 0.25) is 5.02 Å². The first-order valence-electron chi connectivity index (χ1n) is 29.2. The number of nitrogens with one attached hydrogen (secondary N) is 3. The Kier molecular flexibility index (Phi) is 19.4. The third-order valence-corrected chi connectivity index (χ3v) is 22.3. The minimum atomic E-state index is -6.16. The predicted molar refractivity (Wildman–Crippen MR) is 336 cm³/mol. The van der Waals surface area contributed by atoms with Gasteiger partial charge in [-0.25, -0.2) is 21.6 Å². The normalized spacial score (nSPS) is 21.2. The molecular weight excluding hydrogens is 1270 g/mol. The molecule has 3 saturated heterocycles. The maximum atomic E-state index is 14.6. The maximum Gasteiger partial charge on any atom is 0.501 e. The molecule has 5 aromatic rings. The van der Waals surface area contributed by atoms with Crippen LogP contribution >= 0.6 is 39.3 Å². The van der Waals surface area contributed by atoms with E-state index in [1.165, 1.54) is 45.5 Å². The molecule has 0 bridgehead atoms. The predicted octanol–water partition coefficient (Wildman–Crippen LogP) is 10.6. The molecule has 0 aromatic heterocycles. The summed E-state index contributed by atoms with van der Waals surface area (Å²) in [5.74, 6) is -1.86. The van der Waals surface area contributed by atoms with E-state index in [1.54, 1.807) is 18.2 Å². The summed E-state index contributed by atoms with van der Waals surface area (Å²) < 4.78 is 101. The molecule has 1 aliphatic carbocycles. The zero-order chi connectivity index (χ0) is 62.2. The van der Waals surface area contributed by atoms with Gasteiger partial charge < -0.3 is 20.0 Å². The van der Waals surface area contributed by atoms with Gasteiger partial charge in [0.2, 0.25) is 11.8 Å². The SMILES string of the molecule is CC1CN(CC[C@H](CSc2ccccc2)Nc2ccc(S(=O)(=O)NC(=O)c3ccc(N4CCN(CC5=C(c6ccc(Cl)cc6)CCC(C)(C)C5)CC4)cc3)cc2S(=O)(=O)C(F)(F)F)CC(C)N1Cc1cc2c(cc1Br)C(=O)N(C1CCC(=O)NC1=O)C2. The Hall–Kier alpha value is -5.79. The number of halogens is 5. The number of thioether (sulfide) groups is 1. The van der Waals surface area contributed by atoms with Gasteiger partial charge in [0, 0.05) is 127 Å². The Balaban J connectivity index is 0.787. The molecule has 5 aromatic carbocycles. The number of alkyl halides is 3. The van der Waals surface area contributed by atoms with Crippen LogP contribution in [0.25, 0.3) is 5.57 Å². The summed E-state index contributed by atoms with van der Waals surface area (Å²) in [7, 11) is -11.1. The van der Waals surface area contributed by atoms with Crippen molar-refractivity contribution in [1.82, 2.24) is 29.6 Å². The summed E-state index contributed by atoms with van der Waals surface area (Å²) in [5.41, 5.74) is 1.01. The van der Waals surface area contributed by atoms with Gasteiger partial charge in [-0.05, 0) is 146 Å². The van der Waals surface area contributed by atoms with Gasteiger partial charge in [0.25, 0.3) is 31.7 Å². The molecule has 24 heteroatoms. The molecule has 4 amide bonds. The number of amides is 4. The van der Waals surface area contributed by atoms with Crippen molar-refractivity contribution in [2.45, 2.75) is 124 Å². The lowest BCUT2D eigenvalue weighted by Crippen LogP contribution is -2.56. The number of carbonyl (C=O) groups is 4. The van der Waals surface area contributed by atoms with E-state index in [9.17, 15) is 49.2 Å². The van der Waals surface area contributed by atoms with E-state index in [2.05, 4.69) is 86.0 Å². The van der Waals surface area contributed by atoms with E-state index in [-0.39, 0.29) is 54.3 Å². The third kappa shape index (κ3) is 14.9. The van der Waals surface area contributed by atoms with Crippen LogP contribution in [0, 0.1) is 5.41 Å². The van der Waals surface area contributed by atoms with Crippen molar-refractivity contribution in [1.29, 1.82) is 0 Å². The van der Waals surface area contributed by atoms with Crippen LogP contribution < -0.4 is 20.3 Å². The molecule has 3 fully saturated rings. The zero-order valence-corrected chi connectivity index (χ0v) is 53.6. The number of fused-ring (bicyclic) bond motifs is 1. The van der Waals surface area contributed by atoms with Crippen molar-refractivity contribution < 1.29 is 49.2 Å². The summed E-state index contributed by atoms with van der Waals surface area (Å²) in [5, 5.41) is 6.11. The molecule has 87 heavy (non-hydrogen) atoms. The van der Waals surface area contributed by atoms with Crippen LogP contribution in [-0.4, -0.2) is 148 Å². The molecule has 5 aliphatic rings. The Morgan fingerprint density at radius 1 is 0.851 bits per heavy atom. The van der Waals surface area contributed by atoms with Crippen LogP contribution in [0.3, 0.4) is 0 Å². The van der Waals surface area contributed by atoms with Crippen LogP contribution in [0.15, 0.2) is 134 Å². The molecule has 16 nitrogen and oxygen atoms in total. The van der Waals surface area contributed by atoms with E-state index in [4.69, 9.17) is 11.6 Å². The largest absolute Gasteiger partial charge is 0.501 e. The fourth-order valence-corrected chi connectivity index (χ4v) is 16.2. The first-order valence-corrected chi connectivity index (χ1v) is 34.3. The number of hydrogen-bond acceptors (Lipinski definition) is 14. The molecule has 4 aliphatic heterocycles. The van der Waals surface area contributed by atoms with Crippen LogP contribution in [-0.2, 0) is 42.5 Å². The number of anilines is 2. The molecule has 464 valence electrons. The second-order valence-corrected chi connectivity index (χ2v) is 30.1. The van der Waals surface area contributed by atoms with Crippen molar-refractivity contribution in [2.75, 3.05) is 68.3 Å². The van der Waals surface area contributed by atoms with Crippen molar-refractivity contribution in [3.8, 4) is 0 Å². The number of imide groups is 1. The fourth-order valence-electron chi connectivity index (χ4n) is 12.6. The first-order chi connectivity index (χ1) is 41.2. The van der Waals surface area contributed by atoms with Gasteiger partial charge in [-0.1, -0.05) is 83.3 Å². The number of piperazine rings is 2. The van der Waals surface area contributed by atoms with Crippen LogP contribution in [0.1, 0.15) is 104 Å². The molecule has 0 spiro atoms. The zero-order valence-electron chi connectivity index (χ0n) is 48.8. The summed E-state index contributed by atoms with van der Waals surface area (Å²) >= 11 is 11.3. The molecule has 4 heterocycles. The summed E-state index contributed by atoms with van der Waals surface area (Å²) in [6, 6.07) is 28.6. The van der Waals surface area contributed by atoms with Gasteiger partial charge in [0.05, 0.1) is 10.6 Å². The number of hydrogen-bond donors (Lipinski definition) is 3. The minimum absolute atomic E-state index is 0.0182. The standard InChI is InChI=1S/C63H71BrClF3N8O8S3/c1-40-34-73(35-41(2)75(40)38-45-30-44-37-76(61(80)53(44)32-54(45)64)56-20-21-58(77)70-60(56)79)25-23-48(39-85-50-8-6-5-7-9-50)69-55-19-18-51(31-57(55)86(81,82)63(66,67)68)87(83,84)71-59(78)43-12-16-49(17-13-43)74-28-26-72(27-29-74)36-46-33-62(3,4)24-22-52(46)42-10-14-47(65)15-11-42/h5-19,30-32,40-41,48,56,69H,20-29,33-39H2,1-4H3,(H,71,78)(H,70,77,79)/t40?,41?,48-,56?/m1/s1. The van der Waals surface area contributed by atoms with Crippen molar-refractivity contribution in [3.05, 3.63) is 152 Å². The van der Waals surface area contributed by atoms with Gasteiger partial charge in [0.1, 0.15) is 10.9 Å². The lowest BCUT2D eigenvalue weighted by Gasteiger charge is -2.45. The van der Waals surface area contributed by atoms with Crippen molar-refractivity contribution in [3.63, 3.8) is 0 Å². The van der Waals surface area contributed by atoms with Gasteiger partial charge in [0.15, 0.2) is 0 Å². The Morgan fingerprint density at radius 2 is 1.54 bits per heavy atom. The smallest absolute Gasteiger partial charge is 0.380 e. The van der Waals surface area contributed by atoms with E-state index in [1.807, 2.05) is 53.3 Å². The lowest BCUT2D eigenvalue weighted by molar-refractivity contribution is -0.136. The highest BCUT2D eigenvalue weighted by molar-refractivity contribution is 9.10.